The zero-order chi connectivity index (χ0) is 16.9. The number of amides is 2. The van der Waals surface area contributed by atoms with E-state index in [1.54, 1.807) is 6.20 Å². The van der Waals surface area contributed by atoms with Crippen molar-refractivity contribution in [2.45, 2.75) is 33.1 Å². The average molecular weight is 308 g/mol. The van der Waals surface area contributed by atoms with Crippen molar-refractivity contribution in [2.75, 3.05) is 5.32 Å². The van der Waals surface area contributed by atoms with Crippen molar-refractivity contribution in [1.82, 2.24) is 5.32 Å². The van der Waals surface area contributed by atoms with Gasteiger partial charge in [-0.1, -0.05) is 62.7 Å². The lowest BCUT2D eigenvalue weighted by Crippen LogP contribution is -2.23. The Kier molecular flexibility index (Phi) is 5.22. The molecule has 0 aliphatic heterocycles. The molecule has 120 valence electrons. The summed E-state index contributed by atoms with van der Waals surface area (Å²) in [6.07, 6.45) is 3.52. The fourth-order valence-electron chi connectivity index (χ4n) is 2.11. The highest BCUT2D eigenvalue weighted by Crippen LogP contribution is 2.22. The number of carbonyl (C=O) groups is 1. The first-order valence-electron chi connectivity index (χ1n) is 7.76. The van der Waals surface area contributed by atoms with Crippen LogP contribution in [0.15, 0.2) is 54.7 Å². The third-order valence-corrected chi connectivity index (χ3v) is 3.58. The summed E-state index contributed by atoms with van der Waals surface area (Å²) in [5.74, 6) is 0. The Bertz CT molecular complexity index is 677. The summed E-state index contributed by atoms with van der Waals surface area (Å²) in [5.41, 5.74) is 4.42. The molecule has 2 aromatic rings. The lowest BCUT2D eigenvalue weighted by molar-refractivity contribution is 0.255. The first-order chi connectivity index (χ1) is 10.8. The molecule has 0 saturated heterocycles. The van der Waals surface area contributed by atoms with Gasteiger partial charge in [0.1, 0.15) is 0 Å². The molecule has 2 N–H and O–H groups in total. The second-order valence-corrected chi connectivity index (χ2v) is 6.67. The van der Waals surface area contributed by atoms with E-state index >= 15 is 0 Å². The Hall–Kier alpha value is -2.55. The third kappa shape index (κ3) is 5.29. The van der Waals surface area contributed by atoms with E-state index < -0.39 is 0 Å². The molecule has 0 aromatic heterocycles. The minimum atomic E-state index is -0.253. The molecule has 23 heavy (non-hydrogen) atoms. The van der Waals surface area contributed by atoms with Gasteiger partial charge in [0.05, 0.1) is 0 Å². The molecule has 3 heteroatoms. The van der Waals surface area contributed by atoms with Crippen molar-refractivity contribution >= 4 is 17.8 Å². The maximum atomic E-state index is 11.8. The van der Waals surface area contributed by atoms with Gasteiger partial charge in [0.25, 0.3) is 0 Å². The van der Waals surface area contributed by atoms with Crippen LogP contribution in [0.5, 0.6) is 0 Å². The van der Waals surface area contributed by atoms with Crippen LogP contribution in [0.1, 0.15) is 37.5 Å². The van der Waals surface area contributed by atoms with Gasteiger partial charge in [-0.05, 0) is 41.7 Å². The molecular weight excluding hydrogens is 284 g/mol. The number of carbonyl (C=O) groups excluding carboxylic acids is 1. The zero-order valence-corrected chi connectivity index (χ0v) is 14.2. The van der Waals surface area contributed by atoms with Gasteiger partial charge < -0.3 is 10.6 Å². The lowest BCUT2D eigenvalue weighted by Gasteiger charge is -2.18. The maximum Gasteiger partial charge on any atom is 0.323 e. The van der Waals surface area contributed by atoms with Gasteiger partial charge in [-0.3, -0.25) is 0 Å². The number of hydrogen-bond acceptors (Lipinski definition) is 1. The van der Waals surface area contributed by atoms with Crippen molar-refractivity contribution in [1.29, 1.82) is 0 Å². The minimum absolute atomic E-state index is 0.147. The van der Waals surface area contributed by atoms with E-state index in [1.807, 2.05) is 37.3 Å². The molecule has 0 saturated carbocycles. The van der Waals surface area contributed by atoms with Crippen molar-refractivity contribution in [2.24, 2.45) is 0 Å². The SMILES string of the molecule is Cc1ccc(NC(=O)N/C=C/c2ccc(C(C)(C)C)cc2)cc1. The number of urea groups is 1. The molecule has 0 unspecified atom stereocenters. The fourth-order valence-corrected chi connectivity index (χ4v) is 2.11. The minimum Gasteiger partial charge on any atom is -0.314 e. The quantitative estimate of drug-likeness (QED) is 0.815. The van der Waals surface area contributed by atoms with Crippen LogP contribution >= 0.6 is 0 Å². The molecule has 0 aliphatic carbocycles. The summed E-state index contributed by atoms with van der Waals surface area (Å²) in [7, 11) is 0. The van der Waals surface area contributed by atoms with Crippen LogP contribution in [0.4, 0.5) is 10.5 Å². The first kappa shape index (κ1) is 16.8. The molecule has 2 aromatic carbocycles. The van der Waals surface area contributed by atoms with Crippen LogP contribution in [0.2, 0.25) is 0 Å². The standard InChI is InChI=1S/C20H24N2O/c1-15-5-11-18(12-6-15)22-19(23)21-14-13-16-7-9-17(10-8-16)20(2,3)4/h5-14H,1-4H3,(H2,21,22,23)/b14-13+. The van der Waals surface area contributed by atoms with Gasteiger partial charge in [0.2, 0.25) is 0 Å². The number of benzene rings is 2. The molecule has 3 nitrogen and oxygen atoms in total. The number of aryl methyl sites for hydroxylation is 1. The second kappa shape index (κ2) is 7.14. The highest BCUT2D eigenvalue weighted by molar-refractivity contribution is 5.90. The third-order valence-electron chi connectivity index (χ3n) is 3.58. The zero-order valence-electron chi connectivity index (χ0n) is 14.2. The average Bonchev–Trinajstić information content (AvgIpc) is 2.49. The predicted molar refractivity (Wildman–Crippen MR) is 97.5 cm³/mol. The Labute approximate surface area is 138 Å². The van der Waals surface area contributed by atoms with Crippen LogP contribution in [0.25, 0.3) is 6.08 Å². The Morgan fingerprint density at radius 1 is 0.957 bits per heavy atom. The molecule has 2 amide bonds. The predicted octanol–water partition coefficient (Wildman–Crippen LogP) is 5.08. The Morgan fingerprint density at radius 3 is 2.13 bits per heavy atom. The van der Waals surface area contributed by atoms with Crippen molar-refractivity contribution in [3.05, 3.63) is 71.4 Å². The molecule has 0 atom stereocenters. The van der Waals surface area contributed by atoms with Gasteiger partial charge in [0.15, 0.2) is 0 Å². The molecular formula is C20H24N2O. The van der Waals surface area contributed by atoms with Gasteiger partial charge in [0, 0.05) is 11.9 Å². The summed E-state index contributed by atoms with van der Waals surface area (Å²) in [5, 5.41) is 5.49. The molecule has 0 heterocycles. The Balaban J connectivity index is 1.88. The highest BCUT2D eigenvalue weighted by Gasteiger charge is 2.12. The Morgan fingerprint density at radius 2 is 1.57 bits per heavy atom. The molecule has 0 aliphatic rings. The van der Waals surface area contributed by atoms with Gasteiger partial charge >= 0.3 is 6.03 Å². The normalized spacial score (nSPS) is 11.5. The van der Waals surface area contributed by atoms with Crippen molar-refractivity contribution in [3.63, 3.8) is 0 Å². The van der Waals surface area contributed by atoms with E-state index in [0.717, 1.165) is 16.8 Å². The van der Waals surface area contributed by atoms with E-state index in [9.17, 15) is 4.79 Å². The summed E-state index contributed by atoms with van der Waals surface area (Å²) in [6, 6.07) is 15.8. The van der Waals surface area contributed by atoms with E-state index in [4.69, 9.17) is 0 Å². The molecule has 0 radical (unpaired) electrons. The van der Waals surface area contributed by atoms with Gasteiger partial charge in [-0.2, -0.15) is 0 Å². The number of rotatable bonds is 3. The van der Waals surface area contributed by atoms with Crippen LogP contribution in [-0.2, 0) is 5.41 Å². The number of hydrogen-bond donors (Lipinski definition) is 2. The number of anilines is 1. The fraction of sp³-hybridized carbons (Fsp3) is 0.250. The van der Waals surface area contributed by atoms with E-state index in [2.05, 4.69) is 55.7 Å². The highest BCUT2D eigenvalue weighted by atomic mass is 16.2. The van der Waals surface area contributed by atoms with Crippen LogP contribution < -0.4 is 10.6 Å². The summed E-state index contributed by atoms with van der Waals surface area (Å²) >= 11 is 0. The molecule has 0 bridgehead atoms. The largest absolute Gasteiger partial charge is 0.323 e. The van der Waals surface area contributed by atoms with E-state index in [1.165, 1.54) is 5.56 Å². The van der Waals surface area contributed by atoms with Crippen LogP contribution in [-0.4, -0.2) is 6.03 Å². The van der Waals surface area contributed by atoms with Gasteiger partial charge in [-0.15, -0.1) is 0 Å². The smallest absolute Gasteiger partial charge is 0.314 e. The molecule has 2 rings (SSSR count). The first-order valence-corrected chi connectivity index (χ1v) is 7.76. The topological polar surface area (TPSA) is 41.1 Å². The lowest BCUT2D eigenvalue weighted by atomic mass is 9.87. The maximum absolute atomic E-state index is 11.8. The molecule has 0 fully saturated rings. The van der Waals surface area contributed by atoms with E-state index in [-0.39, 0.29) is 11.4 Å². The van der Waals surface area contributed by atoms with Crippen LogP contribution in [0.3, 0.4) is 0 Å². The summed E-state index contributed by atoms with van der Waals surface area (Å²) in [4.78, 5) is 11.8. The second-order valence-electron chi connectivity index (χ2n) is 6.67. The summed E-state index contributed by atoms with van der Waals surface area (Å²) < 4.78 is 0. The van der Waals surface area contributed by atoms with Crippen molar-refractivity contribution in [3.8, 4) is 0 Å². The monoisotopic (exact) mass is 308 g/mol. The number of nitrogens with one attached hydrogen (secondary N) is 2. The molecule has 0 spiro atoms. The summed E-state index contributed by atoms with van der Waals surface area (Å²) in [6.45, 7) is 8.58. The van der Waals surface area contributed by atoms with Crippen LogP contribution in [0, 0.1) is 6.92 Å². The van der Waals surface area contributed by atoms with Crippen molar-refractivity contribution < 1.29 is 4.79 Å². The van der Waals surface area contributed by atoms with Gasteiger partial charge in [-0.25, -0.2) is 4.79 Å². The van der Waals surface area contributed by atoms with E-state index in [0.29, 0.717) is 0 Å².